The molecule has 40 heavy (non-hydrogen) atoms. The number of nitrogens with zero attached hydrogens (tertiary/aromatic N) is 3. The van der Waals surface area contributed by atoms with Crippen molar-refractivity contribution in [2.75, 3.05) is 0 Å². The molecular formula is C36H21N3O. The third-order valence-corrected chi connectivity index (χ3v) is 7.97. The van der Waals surface area contributed by atoms with Crippen LogP contribution in [0.15, 0.2) is 132 Å². The highest BCUT2D eigenvalue weighted by Crippen LogP contribution is 2.43. The van der Waals surface area contributed by atoms with Crippen LogP contribution in [0.5, 0.6) is 0 Å². The van der Waals surface area contributed by atoms with Gasteiger partial charge in [0.2, 0.25) is 0 Å². The van der Waals surface area contributed by atoms with Gasteiger partial charge in [0.05, 0.1) is 22.1 Å². The van der Waals surface area contributed by atoms with Gasteiger partial charge in [-0.25, -0.2) is 9.97 Å². The van der Waals surface area contributed by atoms with Gasteiger partial charge in [-0.2, -0.15) is 0 Å². The van der Waals surface area contributed by atoms with Crippen molar-refractivity contribution in [3.8, 4) is 17.1 Å². The summed E-state index contributed by atoms with van der Waals surface area (Å²) in [6.07, 6.45) is 0. The maximum Gasteiger partial charge on any atom is 0.165 e. The van der Waals surface area contributed by atoms with E-state index >= 15 is 0 Å². The van der Waals surface area contributed by atoms with Crippen LogP contribution < -0.4 is 0 Å². The molecule has 0 aliphatic heterocycles. The summed E-state index contributed by atoms with van der Waals surface area (Å²) in [5.41, 5.74) is 7.59. The van der Waals surface area contributed by atoms with E-state index in [0.717, 1.165) is 82.6 Å². The Hall–Kier alpha value is -5.48. The number of benzene rings is 6. The summed E-state index contributed by atoms with van der Waals surface area (Å²) < 4.78 is 8.82. The fraction of sp³-hybridized carbons (Fsp3) is 0. The maximum absolute atomic E-state index is 6.55. The van der Waals surface area contributed by atoms with Crippen molar-refractivity contribution >= 4 is 65.6 Å². The van der Waals surface area contributed by atoms with Gasteiger partial charge < -0.3 is 4.42 Å². The SMILES string of the molecule is c1ccc(-c2nc3ccccc3nc2-n2c3ccccc3c3c4c(ccc5c6ccccc6oc54)ccc32)cc1. The number of rotatable bonds is 2. The molecule has 6 aromatic carbocycles. The van der Waals surface area contributed by atoms with Crippen LogP contribution in [0, 0.1) is 0 Å². The van der Waals surface area contributed by atoms with Gasteiger partial charge in [0.1, 0.15) is 16.9 Å². The van der Waals surface area contributed by atoms with E-state index in [1.54, 1.807) is 0 Å². The van der Waals surface area contributed by atoms with E-state index in [1.807, 2.05) is 54.6 Å². The van der Waals surface area contributed by atoms with E-state index in [0.29, 0.717) is 0 Å². The molecule has 0 unspecified atom stereocenters. The number of para-hydroxylation sites is 4. The molecule has 0 atom stereocenters. The highest BCUT2D eigenvalue weighted by atomic mass is 16.3. The summed E-state index contributed by atoms with van der Waals surface area (Å²) in [5.74, 6) is 0.812. The van der Waals surface area contributed by atoms with Crippen LogP contribution in [0.2, 0.25) is 0 Å². The summed E-state index contributed by atoms with van der Waals surface area (Å²) in [4.78, 5) is 10.4. The fourth-order valence-electron chi connectivity index (χ4n) is 6.21. The van der Waals surface area contributed by atoms with Crippen molar-refractivity contribution in [1.29, 1.82) is 0 Å². The molecule has 0 amide bonds. The molecule has 0 fully saturated rings. The molecule has 0 aliphatic rings. The van der Waals surface area contributed by atoms with Crippen LogP contribution in [-0.2, 0) is 0 Å². The predicted octanol–water partition coefficient (Wildman–Crippen LogP) is 9.45. The van der Waals surface area contributed by atoms with E-state index in [4.69, 9.17) is 14.4 Å². The summed E-state index contributed by atoms with van der Waals surface area (Å²) >= 11 is 0. The Morgan fingerprint density at radius 1 is 0.500 bits per heavy atom. The first-order valence-electron chi connectivity index (χ1n) is 13.4. The molecule has 9 aromatic rings. The van der Waals surface area contributed by atoms with Gasteiger partial charge in [0, 0.05) is 32.5 Å². The Balaban J connectivity index is 1.49. The lowest BCUT2D eigenvalue weighted by atomic mass is 10.0. The molecule has 0 aliphatic carbocycles. The Bertz CT molecular complexity index is 2430. The second-order valence-corrected chi connectivity index (χ2v) is 10.2. The van der Waals surface area contributed by atoms with Gasteiger partial charge in [0.25, 0.3) is 0 Å². The second kappa shape index (κ2) is 8.01. The minimum absolute atomic E-state index is 0.812. The highest BCUT2D eigenvalue weighted by molar-refractivity contribution is 6.29. The first kappa shape index (κ1) is 21.5. The quantitative estimate of drug-likeness (QED) is 0.232. The molecule has 4 heteroatoms. The molecule has 186 valence electrons. The number of hydrogen-bond acceptors (Lipinski definition) is 3. The highest BCUT2D eigenvalue weighted by Gasteiger charge is 2.22. The lowest BCUT2D eigenvalue weighted by Gasteiger charge is -2.13. The van der Waals surface area contributed by atoms with Gasteiger partial charge >= 0.3 is 0 Å². The maximum atomic E-state index is 6.55. The van der Waals surface area contributed by atoms with Crippen LogP contribution in [0.4, 0.5) is 0 Å². The van der Waals surface area contributed by atoms with E-state index in [-0.39, 0.29) is 0 Å². The third kappa shape index (κ3) is 2.90. The Morgan fingerprint density at radius 2 is 1.20 bits per heavy atom. The summed E-state index contributed by atoms with van der Waals surface area (Å²) in [6.45, 7) is 0. The van der Waals surface area contributed by atoms with Crippen LogP contribution in [0.3, 0.4) is 0 Å². The number of hydrogen-bond donors (Lipinski definition) is 0. The van der Waals surface area contributed by atoms with Crippen molar-refractivity contribution in [1.82, 2.24) is 14.5 Å². The van der Waals surface area contributed by atoms with Gasteiger partial charge in [-0.3, -0.25) is 4.57 Å². The molecule has 0 saturated heterocycles. The molecule has 0 spiro atoms. The molecule has 3 aromatic heterocycles. The molecule has 3 heterocycles. The molecule has 0 N–H and O–H groups in total. The molecular weight excluding hydrogens is 490 g/mol. The summed E-state index contributed by atoms with van der Waals surface area (Å²) in [5, 5.41) is 6.84. The lowest BCUT2D eigenvalue weighted by molar-refractivity contribution is 0.673. The first-order valence-corrected chi connectivity index (χ1v) is 13.4. The third-order valence-electron chi connectivity index (χ3n) is 7.97. The molecule has 0 saturated carbocycles. The Morgan fingerprint density at radius 3 is 2.08 bits per heavy atom. The average molecular weight is 512 g/mol. The van der Waals surface area contributed by atoms with E-state index in [9.17, 15) is 0 Å². The zero-order chi connectivity index (χ0) is 26.2. The van der Waals surface area contributed by atoms with Crippen LogP contribution in [0.25, 0.3) is 82.6 Å². The average Bonchev–Trinajstić information content (AvgIpc) is 3.57. The molecule has 9 rings (SSSR count). The smallest absolute Gasteiger partial charge is 0.165 e. The van der Waals surface area contributed by atoms with Crippen molar-refractivity contribution < 1.29 is 4.42 Å². The fourth-order valence-corrected chi connectivity index (χ4v) is 6.21. The zero-order valence-electron chi connectivity index (χ0n) is 21.4. The van der Waals surface area contributed by atoms with Gasteiger partial charge in [-0.1, -0.05) is 91.0 Å². The molecule has 4 nitrogen and oxygen atoms in total. The summed E-state index contributed by atoms with van der Waals surface area (Å²) in [6, 6.07) is 44.0. The number of fused-ring (bicyclic) bond motifs is 10. The van der Waals surface area contributed by atoms with Crippen molar-refractivity contribution in [3.05, 3.63) is 127 Å². The Labute approximate surface area is 228 Å². The minimum atomic E-state index is 0.812. The number of aromatic nitrogens is 3. The normalized spacial score (nSPS) is 12.0. The van der Waals surface area contributed by atoms with Crippen molar-refractivity contribution in [3.63, 3.8) is 0 Å². The van der Waals surface area contributed by atoms with E-state index in [2.05, 4.69) is 77.4 Å². The van der Waals surface area contributed by atoms with Gasteiger partial charge in [-0.15, -0.1) is 0 Å². The standard InChI is InChI=1S/C36H21N3O/c1-2-10-23(11-3-1)34-36(38-28-15-7-6-14-27(28)37-34)39-29-16-8-4-13-26(29)33-30(39)21-19-22-18-20-25-24-12-5-9-17-31(24)40-35(25)32(22)33/h1-21H. The van der Waals surface area contributed by atoms with Gasteiger partial charge in [-0.05, 0) is 41.8 Å². The molecule has 0 radical (unpaired) electrons. The zero-order valence-corrected chi connectivity index (χ0v) is 21.4. The second-order valence-electron chi connectivity index (χ2n) is 10.2. The minimum Gasteiger partial charge on any atom is -0.455 e. The largest absolute Gasteiger partial charge is 0.455 e. The number of furan rings is 1. The summed E-state index contributed by atoms with van der Waals surface area (Å²) in [7, 11) is 0. The van der Waals surface area contributed by atoms with Crippen molar-refractivity contribution in [2.45, 2.75) is 0 Å². The predicted molar refractivity (Wildman–Crippen MR) is 164 cm³/mol. The van der Waals surface area contributed by atoms with Gasteiger partial charge in [0.15, 0.2) is 5.82 Å². The molecule has 0 bridgehead atoms. The lowest BCUT2D eigenvalue weighted by Crippen LogP contribution is -2.03. The first-order chi connectivity index (χ1) is 19.8. The Kier molecular flexibility index (Phi) is 4.30. The van der Waals surface area contributed by atoms with E-state index in [1.165, 1.54) is 0 Å². The topological polar surface area (TPSA) is 43.9 Å². The van der Waals surface area contributed by atoms with Crippen LogP contribution >= 0.6 is 0 Å². The van der Waals surface area contributed by atoms with Crippen LogP contribution in [-0.4, -0.2) is 14.5 Å². The van der Waals surface area contributed by atoms with Crippen molar-refractivity contribution in [2.24, 2.45) is 0 Å². The van der Waals surface area contributed by atoms with Crippen LogP contribution in [0.1, 0.15) is 0 Å². The van der Waals surface area contributed by atoms with E-state index < -0.39 is 0 Å². The monoisotopic (exact) mass is 511 g/mol.